The molecule has 96 valence electrons. The summed E-state index contributed by atoms with van der Waals surface area (Å²) < 4.78 is 2.21. The highest BCUT2D eigenvalue weighted by atomic mass is 15.1. The Labute approximate surface area is 104 Å². The third-order valence-corrected chi connectivity index (χ3v) is 3.64. The van der Waals surface area contributed by atoms with Crippen molar-refractivity contribution in [2.24, 2.45) is 5.73 Å². The van der Waals surface area contributed by atoms with Crippen molar-refractivity contribution in [3.63, 3.8) is 0 Å². The van der Waals surface area contributed by atoms with Gasteiger partial charge in [-0.25, -0.2) is 4.98 Å². The smallest absolute Gasteiger partial charge is 0.0951 e. The van der Waals surface area contributed by atoms with Crippen LogP contribution in [0.5, 0.6) is 0 Å². The van der Waals surface area contributed by atoms with Gasteiger partial charge in [-0.15, -0.1) is 0 Å². The number of nitrogens with one attached hydrogen (secondary N) is 1. The number of hydrogen-bond acceptors (Lipinski definition) is 3. The second kappa shape index (κ2) is 5.65. The Hall–Kier alpha value is -0.870. The topological polar surface area (TPSA) is 55.9 Å². The molecule has 0 aliphatic heterocycles. The molecule has 1 fully saturated rings. The molecule has 0 aromatic carbocycles. The van der Waals surface area contributed by atoms with Crippen LogP contribution in [-0.2, 0) is 0 Å². The molecule has 1 saturated carbocycles. The zero-order valence-corrected chi connectivity index (χ0v) is 10.9. The monoisotopic (exact) mass is 236 g/mol. The Balaban J connectivity index is 2.08. The molecule has 17 heavy (non-hydrogen) atoms. The van der Waals surface area contributed by atoms with E-state index < -0.39 is 0 Å². The largest absolute Gasteiger partial charge is 0.331 e. The number of aromatic nitrogens is 2. The van der Waals surface area contributed by atoms with Crippen LogP contribution in [0.4, 0.5) is 0 Å². The average molecular weight is 236 g/mol. The van der Waals surface area contributed by atoms with E-state index in [0.29, 0.717) is 18.6 Å². The Morgan fingerprint density at radius 3 is 2.76 bits per heavy atom. The first kappa shape index (κ1) is 12.6. The van der Waals surface area contributed by atoms with Gasteiger partial charge in [0.25, 0.3) is 0 Å². The molecule has 1 aromatic rings. The lowest BCUT2D eigenvalue weighted by molar-refractivity contribution is 0.417. The number of hydrogen-bond donors (Lipinski definition) is 2. The van der Waals surface area contributed by atoms with E-state index in [9.17, 15) is 0 Å². The molecule has 4 heteroatoms. The summed E-state index contributed by atoms with van der Waals surface area (Å²) in [7, 11) is 0. The van der Waals surface area contributed by atoms with Crippen LogP contribution in [0.15, 0.2) is 12.5 Å². The van der Waals surface area contributed by atoms with Crippen LogP contribution in [0.3, 0.4) is 0 Å². The fourth-order valence-electron chi connectivity index (χ4n) is 2.67. The number of imidazole rings is 1. The van der Waals surface area contributed by atoms with Crippen molar-refractivity contribution in [3.8, 4) is 0 Å². The summed E-state index contributed by atoms with van der Waals surface area (Å²) in [6, 6.07) is 1.31. The molecular formula is C13H24N4. The van der Waals surface area contributed by atoms with Gasteiger partial charge in [0, 0.05) is 24.8 Å². The normalized spacial score (nSPS) is 19.1. The van der Waals surface area contributed by atoms with Gasteiger partial charge in [-0.3, -0.25) is 0 Å². The van der Waals surface area contributed by atoms with Crippen LogP contribution in [0.1, 0.15) is 57.3 Å². The predicted octanol–water partition coefficient (Wildman–Crippen LogP) is 2.00. The van der Waals surface area contributed by atoms with Crippen LogP contribution in [0.2, 0.25) is 0 Å². The van der Waals surface area contributed by atoms with Gasteiger partial charge in [0.15, 0.2) is 0 Å². The minimum absolute atomic E-state index is 0.239. The SMILES string of the molecule is CC(C)n1cncc1C(CN)NC1CCCC1. The number of rotatable bonds is 5. The molecule has 1 aliphatic carbocycles. The van der Waals surface area contributed by atoms with Gasteiger partial charge in [-0.1, -0.05) is 12.8 Å². The van der Waals surface area contributed by atoms with Crippen molar-refractivity contribution in [1.29, 1.82) is 0 Å². The van der Waals surface area contributed by atoms with Gasteiger partial charge in [-0.05, 0) is 26.7 Å². The maximum Gasteiger partial charge on any atom is 0.0951 e. The summed E-state index contributed by atoms with van der Waals surface area (Å²) in [5.74, 6) is 0. The zero-order valence-electron chi connectivity index (χ0n) is 10.9. The molecule has 1 unspecified atom stereocenters. The molecule has 0 radical (unpaired) electrons. The lowest BCUT2D eigenvalue weighted by Gasteiger charge is -2.24. The molecule has 1 atom stereocenters. The fraction of sp³-hybridized carbons (Fsp3) is 0.769. The van der Waals surface area contributed by atoms with E-state index in [1.165, 1.54) is 31.4 Å². The third-order valence-electron chi connectivity index (χ3n) is 3.64. The van der Waals surface area contributed by atoms with Crippen molar-refractivity contribution in [3.05, 3.63) is 18.2 Å². The standard InChI is InChI=1S/C13H24N4/c1-10(2)17-9-15-8-13(17)12(7-14)16-11-5-3-4-6-11/h8-12,16H,3-7,14H2,1-2H3. The van der Waals surface area contributed by atoms with Gasteiger partial charge >= 0.3 is 0 Å². The number of nitrogens with zero attached hydrogens (tertiary/aromatic N) is 2. The van der Waals surface area contributed by atoms with Crippen LogP contribution < -0.4 is 11.1 Å². The van der Waals surface area contributed by atoms with E-state index >= 15 is 0 Å². The lowest BCUT2D eigenvalue weighted by Crippen LogP contribution is -2.36. The first-order valence-electron chi connectivity index (χ1n) is 6.70. The molecular weight excluding hydrogens is 212 g/mol. The summed E-state index contributed by atoms with van der Waals surface area (Å²) in [6.07, 6.45) is 9.11. The molecule has 0 saturated heterocycles. The van der Waals surface area contributed by atoms with Crippen LogP contribution in [-0.4, -0.2) is 22.1 Å². The van der Waals surface area contributed by atoms with Crippen molar-refractivity contribution < 1.29 is 0 Å². The summed E-state index contributed by atoms with van der Waals surface area (Å²) in [5.41, 5.74) is 7.12. The Kier molecular flexibility index (Phi) is 4.18. The molecule has 4 nitrogen and oxygen atoms in total. The van der Waals surface area contributed by atoms with Crippen molar-refractivity contribution in [2.45, 2.75) is 57.7 Å². The molecule has 1 aromatic heterocycles. The molecule has 3 N–H and O–H groups in total. The van der Waals surface area contributed by atoms with Gasteiger partial charge in [0.1, 0.15) is 0 Å². The van der Waals surface area contributed by atoms with E-state index in [-0.39, 0.29) is 6.04 Å². The van der Waals surface area contributed by atoms with Crippen molar-refractivity contribution >= 4 is 0 Å². The summed E-state index contributed by atoms with van der Waals surface area (Å²) >= 11 is 0. The number of nitrogens with two attached hydrogens (primary N) is 1. The van der Waals surface area contributed by atoms with E-state index in [1.54, 1.807) is 0 Å². The van der Waals surface area contributed by atoms with Crippen LogP contribution in [0, 0.1) is 0 Å². The summed E-state index contributed by atoms with van der Waals surface area (Å²) in [6.45, 7) is 4.98. The highest BCUT2D eigenvalue weighted by Gasteiger charge is 2.22. The molecule has 1 aliphatic rings. The maximum absolute atomic E-state index is 5.91. The summed E-state index contributed by atoms with van der Waals surface area (Å²) in [4.78, 5) is 4.25. The summed E-state index contributed by atoms with van der Waals surface area (Å²) in [5, 5.41) is 3.68. The second-order valence-electron chi connectivity index (χ2n) is 5.26. The quantitative estimate of drug-likeness (QED) is 0.822. The first-order valence-corrected chi connectivity index (χ1v) is 6.70. The van der Waals surface area contributed by atoms with E-state index in [0.717, 1.165) is 0 Å². The van der Waals surface area contributed by atoms with Crippen LogP contribution in [0.25, 0.3) is 0 Å². The maximum atomic E-state index is 5.91. The van der Waals surface area contributed by atoms with Gasteiger partial charge in [-0.2, -0.15) is 0 Å². The molecule has 1 heterocycles. The highest BCUT2D eigenvalue weighted by Crippen LogP contribution is 2.22. The molecule has 2 rings (SSSR count). The predicted molar refractivity (Wildman–Crippen MR) is 69.8 cm³/mol. The Morgan fingerprint density at radius 2 is 2.18 bits per heavy atom. The molecule has 0 spiro atoms. The third kappa shape index (κ3) is 2.87. The Bertz CT molecular complexity index is 339. The van der Waals surface area contributed by atoms with Crippen molar-refractivity contribution in [2.75, 3.05) is 6.54 Å². The van der Waals surface area contributed by atoms with Crippen LogP contribution >= 0.6 is 0 Å². The van der Waals surface area contributed by atoms with E-state index in [2.05, 4.69) is 28.7 Å². The minimum atomic E-state index is 0.239. The highest BCUT2D eigenvalue weighted by molar-refractivity contribution is 5.08. The van der Waals surface area contributed by atoms with E-state index in [1.807, 2.05) is 12.5 Å². The lowest BCUT2D eigenvalue weighted by atomic mass is 10.1. The molecule has 0 amide bonds. The fourth-order valence-corrected chi connectivity index (χ4v) is 2.67. The van der Waals surface area contributed by atoms with Gasteiger partial charge in [0.2, 0.25) is 0 Å². The second-order valence-corrected chi connectivity index (χ2v) is 5.26. The van der Waals surface area contributed by atoms with E-state index in [4.69, 9.17) is 5.73 Å². The molecule has 0 bridgehead atoms. The van der Waals surface area contributed by atoms with Gasteiger partial charge in [0.05, 0.1) is 18.1 Å². The zero-order chi connectivity index (χ0) is 12.3. The Morgan fingerprint density at radius 1 is 1.47 bits per heavy atom. The minimum Gasteiger partial charge on any atom is -0.331 e. The first-order chi connectivity index (χ1) is 8.22. The average Bonchev–Trinajstić information content (AvgIpc) is 2.96. The van der Waals surface area contributed by atoms with Gasteiger partial charge < -0.3 is 15.6 Å². The van der Waals surface area contributed by atoms with Crippen molar-refractivity contribution in [1.82, 2.24) is 14.9 Å².